The molecule has 0 spiro atoms. The Morgan fingerprint density at radius 2 is 2.00 bits per heavy atom. The molecule has 2 rings (SSSR count). The Hall–Kier alpha value is -0.480. The number of fused-ring (bicyclic) bond motifs is 1. The maximum atomic E-state index is 11.7. The fraction of sp³-hybridized carbons (Fsp3) is 0.846. The Kier molecular flexibility index (Phi) is 3.55. The fourth-order valence-corrected chi connectivity index (χ4v) is 3.66. The van der Waals surface area contributed by atoms with Gasteiger partial charge in [-0.1, -0.05) is 6.92 Å². The van der Waals surface area contributed by atoms with Crippen molar-refractivity contribution < 1.29 is 19.1 Å². The lowest BCUT2D eigenvalue weighted by molar-refractivity contribution is -0.161. The van der Waals surface area contributed by atoms with Crippen LogP contribution in [0.3, 0.4) is 0 Å². The molecule has 0 bridgehead atoms. The van der Waals surface area contributed by atoms with Gasteiger partial charge in [-0.3, -0.25) is 9.59 Å². The molecule has 1 aliphatic carbocycles. The van der Waals surface area contributed by atoms with Crippen LogP contribution in [0.4, 0.5) is 0 Å². The van der Waals surface area contributed by atoms with Crippen LogP contribution in [-0.2, 0) is 19.1 Å². The standard InChI is InChI=1S/C13H18Cl2O4/c1-12(2,3)11(17)18-5-6-13(4)7(10(16)19-6)8(14)9(13)15/h6-9H,5H2,1-4H3/t6-,7?,8?,9?,13?/m1/s1. The van der Waals surface area contributed by atoms with Gasteiger partial charge < -0.3 is 9.47 Å². The second-order valence-corrected chi connectivity index (χ2v) is 7.44. The highest BCUT2D eigenvalue weighted by molar-refractivity contribution is 6.33. The fourth-order valence-electron chi connectivity index (χ4n) is 2.59. The number of alkyl halides is 2. The molecule has 1 aliphatic heterocycles. The van der Waals surface area contributed by atoms with Crippen LogP contribution in [0.5, 0.6) is 0 Å². The molecular formula is C13H18Cl2O4. The summed E-state index contributed by atoms with van der Waals surface area (Å²) >= 11 is 12.2. The van der Waals surface area contributed by atoms with Crippen LogP contribution in [0.2, 0.25) is 0 Å². The minimum absolute atomic E-state index is 0.0294. The number of esters is 2. The number of ether oxygens (including phenoxy) is 2. The van der Waals surface area contributed by atoms with E-state index in [-0.39, 0.29) is 23.9 Å². The van der Waals surface area contributed by atoms with Gasteiger partial charge in [-0.25, -0.2) is 0 Å². The van der Waals surface area contributed by atoms with Crippen molar-refractivity contribution in [2.45, 2.75) is 44.6 Å². The highest BCUT2D eigenvalue weighted by Gasteiger charge is 2.70. The van der Waals surface area contributed by atoms with E-state index in [4.69, 9.17) is 32.7 Å². The monoisotopic (exact) mass is 308 g/mol. The number of carbonyl (C=O) groups is 2. The van der Waals surface area contributed by atoms with Crippen LogP contribution in [-0.4, -0.2) is 35.4 Å². The number of halogens is 2. The van der Waals surface area contributed by atoms with Gasteiger partial charge in [0.15, 0.2) is 0 Å². The van der Waals surface area contributed by atoms with Crippen molar-refractivity contribution in [3.8, 4) is 0 Å². The average Bonchev–Trinajstić information content (AvgIpc) is 2.54. The van der Waals surface area contributed by atoms with E-state index in [1.807, 2.05) is 6.92 Å². The predicted molar refractivity (Wildman–Crippen MR) is 71.2 cm³/mol. The summed E-state index contributed by atoms with van der Waals surface area (Å²) in [6, 6.07) is 0. The molecular weight excluding hydrogens is 291 g/mol. The summed E-state index contributed by atoms with van der Waals surface area (Å²) in [7, 11) is 0. The molecule has 108 valence electrons. The second kappa shape index (κ2) is 4.52. The van der Waals surface area contributed by atoms with Crippen molar-refractivity contribution in [2.75, 3.05) is 6.61 Å². The minimum atomic E-state index is -0.585. The molecule has 1 saturated heterocycles. The maximum Gasteiger partial charge on any atom is 0.311 e. The van der Waals surface area contributed by atoms with Crippen LogP contribution in [0.15, 0.2) is 0 Å². The Bertz CT molecular complexity index is 417. The van der Waals surface area contributed by atoms with Gasteiger partial charge in [0.2, 0.25) is 0 Å². The Labute approximate surface area is 122 Å². The first-order valence-electron chi connectivity index (χ1n) is 6.26. The van der Waals surface area contributed by atoms with Crippen LogP contribution in [0.1, 0.15) is 27.7 Å². The lowest BCUT2D eigenvalue weighted by Crippen LogP contribution is -2.61. The van der Waals surface area contributed by atoms with Crippen molar-refractivity contribution in [3.63, 3.8) is 0 Å². The Balaban J connectivity index is 2.03. The number of hydrogen-bond acceptors (Lipinski definition) is 4. The highest BCUT2D eigenvalue weighted by atomic mass is 35.5. The summed E-state index contributed by atoms with van der Waals surface area (Å²) in [5, 5.41) is -0.772. The number of cyclic esters (lactones) is 1. The molecule has 0 N–H and O–H groups in total. The zero-order valence-corrected chi connectivity index (χ0v) is 12.9. The molecule has 19 heavy (non-hydrogen) atoms. The molecule has 4 unspecified atom stereocenters. The van der Waals surface area contributed by atoms with Crippen LogP contribution >= 0.6 is 23.2 Å². The predicted octanol–water partition coefficient (Wildman–Crippen LogP) is 2.35. The normalized spacial score (nSPS) is 41.3. The first-order chi connectivity index (χ1) is 8.60. The molecule has 2 fully saturated rings. The molecule has 0 aromatic carbocycles. The summed E-state index contributed by atoms with van der Waals surface area (Å²) in [4.78, 5) is 23.5. The third-order valence-corrected chi connectivity index (χ3v) is 5.42. The summed E-state index contributed by atoms with van der Waals surface area (Å²) < 4.78 is 10.5. The van der Waals surface area contributed by atoms with E-state index in [2.05, 4.69) is 0 Å². The number of carbonyl (C=O) groups excluding carboxylic acids is 2. The van der Waals surface area contributed by atoms with E-state index in [1.54, 1.807) is 20.8 Å². The summed E-state index contributed by atoms with van der Waals surface area (Å²) in [5.41, 5.74) is -1.14. The first-order valence-corrected chi connectivity index (χ1v) is 7.13. The SMILES string of the molecule is CC(C)(C)C(=O)OC[C@H]1OC(=O)C2C(Cl)C(Cl)C21C. The van der Waals surface area contributed by atoms with Gasteiger partial charge >= 0.3 is 11.9 Å². The third kappa shape index (κ3) is 2.13. The molecule has 5 atom stereocenters. The molecule has 6 heteroatoms. The molecule has 1 heterocycles. The van der Waals surface area contributed by atoms with Crippen LogP contribution in [0.25, 0.3) is 0 Å². The smallest absolute Gasteiger partial charge is 0.311 e. The lowest BCUT2D eigenvalue weighted by Gasteiger charge is -2.49. The van der Waals surface area contributed by atoms with Crippen molar-refractivity contribution in [2.24, 2.45) is 16.7 Å². The van der Waals surface area contributed by atoms with Gasteiger partial charge in [0.05, 0.1) is 22.1 Å². The Morgan fingerprint density at radius 1 is 1.42 bits per heavy atom. The van der Waals surface area contributed by atoms with E-state index in [9.17, 15) is 9.59 Å². The van der Waals surface area contributed by atoms with Gasteiger partial charge in [0.25, 0.3) is 0 Å². The van der Waals surface area contributed by atoms with Gasteiger partial charge in [-0.2, -0.15) is 0 Å². The minimum Gasteiger partial charge on any atom is -0.461 e. The van der Waals surface area contributed by atoms with E-state index in [0.29, 0.717) is 0 Å². The second-order valence-electron chi connectivity index (χ2n) is 6.46. The lowest BCUT2D eigenvalue weighted by atomic mass is 9.59. The summed E-state index contributed by atoms with van der Waals surface area (Å²) in [5.74, 6) is -1.09. The van der Waals surface area contributed by atoms with Crippen LogP contribution in [0, 0.1) is 16.7 Å². The molecule has 2 aliphatic rings. The van der Waals surface area contributed by atoms with E-state index >= 15 is 0 Å². The zero-order chi connectivity index (χ0) is 14.6. The van der Waals surface area contributed by atoms with Gasteiger partial charge in [-0.15, -0.1) is 23.2 Å². The zero-order valence-electron chi connectivity index (χ0n) is 11.4. The van der Waals surface area contributed by atoms with Crippen LogP contribution < -0.4 is 0 Å². The highest BCUT2D eigenvalue weighted by Crippen LogP contribution is 2.59. The van der Waals surface area contributed by atoms with Gasteiger partial charge in [-0.05, 0) is 20.8 Å². The largest absolute Gasteiger partial charge is 0.461 e. The number of rotatable bonds is 2. The van der Waals surface area contributed by atoms with Gasteiger partial charge in [0, 0.05) is 5.41 Å². The van der Waals surface area contributed by atoms with Crippen molar-refractivity contribution in [3.05, 3.63) is 0 Å². The molecule has 0 amide bonds. The molecule has 4 nitrogen and oxygen atoms in total. The molecule has 0 aromatic rings. The van der Waals surface area contributed by atoms with Gasteiger partial charge in [0.1, 0.15) is 12.7 Å². The molecule has 0 radical (unpaired) electrons. The maximum absolute atomic E-state index is 11.7. The van der Waals surface area contributed by atoms with E-state index in [0.717, 1.165) is 0 Å². The van der Waals surface area contributed by atoms with Crippen molar-refractivity contribution in [1.29, 1.82) is 0 Å². The topological polar surface area (TPSA) is 52.6 Å². The quantitative estimate of drug-likeness (QED) is 0.580. The Morgan fingerprint density at radius 3 is 2.53 bits per heavy atom. The first kappa shape index (κ1) is 14.9. The number of hydrogen-bond donors (Lipinski definition) is 0. The third-order valence-electron chi connectivity index (χ3n) is 4.05. The molecule has 0 aromatic heterocycles. The van der Waals surface area contributed by atoms with E-state index < -0.39 is 28.2 Å². The summed E-state index contributed by atoms with van der Waals surface area (Å²) in [6.07, 6.45) is -0.520. The molecule has 1 saturated carbocycles. The van der Waals surface area contributed by atoms with Crippen molar-refractivity contribution in [1.82, 2.24) is 0 Å². The van der Waals surface area contributed by atoms with Crippen molar-refractivity contribution >= 4 is 35.1 Å². The van der Waals surface area contributed by atoms with E-state index in [1.165, 1.54) is 0 Å². The summed E-state index contributed by atoms with van der Waals surface area (Å²) in [6.45, 7) is 7.19. The average molecular weight is 309 g/mol.